The van der Waals surface area contributed by atoms with Gasteiger partial charge in [0.1, 0.15) is 0 Å². The molecule has 124 valence electrons. The zero-order valence-corrected chi connectivity index (χ0v) is 15.5. The van der Waals surface area contributed by atoms with Crippen LogP contribution in [0.1, 0.15) is 35.3 Å². The van der Waals surface area contributed by atoms with Crippen molar-refractivity contribution >= 4 is 51.3 Å². The van der Waals surface area contributed by atoms with Gasteiger partial charge < -0.3 is 10.6 Å². The van der Waals surface area contributed by atoms with Crippen LogP contribution in [-0.2, 0) is 11.3 Å². The second kappa shape index (κ2) is 8.42. The van der Waals surface area contributed by atoms with Gasteiger partial charge in [-0.05, 0) is 26.0 Å². The molecule has 0 aliphatic rings. The average molecular weight is 371 g/mol. The Morgan fingerprint density at radius 2 is 2.09 bits per heavy atom. The van der Waals surface area contributed by atoms with E-state index in [0.717, 1.165) is 20.9 Å². The number of amides is 1. The van der Waals surface area contributed by atoms with Crippen LogP contribution in [0.3, 0.4) is 0 Å². The molecule has 0 aliphatic carbocycles. The summed E-state index contributed by atoms with van der Waals surface area (Å²) >= 11 is 4.27. The Balaban J connectivity index is 1.94. The van der Waals surface area contributed by atoms with E-state index in [1.807, 2.05) is 26.0 Å². The smallest absolute Gasteiger partial charge is 0.217 e. The molecule has 6 nitrogen and oxygen atoms in total. The number of aromatic nitrogens is 2. The van der Waals surface area contributed by atoms with Gasteiger partial charge in [0.15, 0.2) is 10.1 Å². The third-order valence-corrected chi connectivity index (χ3v) is 5.96. The van der Waals surface area contributed by atoms with Crippen LogP contribution in [0.4, 0.5) is 5.13 Å². The molecule has 0 saturated carbocycles. The predicted octanol–water partition coefficient (Wildman–Crippen LogP) is 3.03. The molecular weight excluding hydrogens is 352 g/mol. The molecule has 2 rings (SSSR count). The van der Waals surface area contributed by atoms with Gasteiger partial charge in [-0.2, -0.15) is 0 Å². The van der Waals surface area contributed by atoms with Crippen LogP contribution >= 0.6 is 34.4 Å². The summed E-state index contributed by atoms with van der Waals surface area (Å²) in [4.78, 5) is 25.1. The van der Waals surface area contributed by atoms with Crippen molar-refractivity contribution in [1.29, 1.82) is 0 Å². The first-order valence-corrected chi connectivity index (χ1v) is 9.62. The zero-order chi connectivity index (χ0) is 16.8. The topological polar surface area (TPSA) is 84.0 Å². The van der Waals surface area contributed by atoms with Crippen LogP contribution in [-0.4, -0.2) is 33.7 Å². The highest BCUT2D eigenvalue weighted by Crippen LogP contribution is 2.31. The van der Waals surface area contributed by atoms with Gasteiger partial charge in [-0.3, -0.25) is 9.59 Å². The highest BCUT2D eigenvalue weighted by molar-refractivity contribution is 8.02. The fourth-order valence-corrected chi connectivity index (χ4v) is 4.78. The van der Waals surface area contributed by atoms with E-state index >= 15 is 0 Å². The molecule has 9 heteroatoms. The van der Waals surface area contributed by atoms with Gasteiger partial charge in [0.25, 0.3) is 0 Å². The van der Waals surface area contributed by atoms with Crippen LogP contribution in [0.15, 0.2) is 16.5 Å². The largest absolute Gasteiger partial charge is 0.360 e. The summed E-state index contributed by atoms with van der Waals surface area (Å²) in [6, 6.07) is 3.69. The molecule has 0 saturated heterocycles. The Bertz CT molecular complexity index is 683. The lowest BCUT2D eigenvalue weighted by Crippen LogP contribution is -2.18. The minimum absolute atomic E-state index is 0.0641. The third-order valence-electron chi connectivity index (χ3n) is 2.80. The molecule has 1 amide bonds. The summed E-state index contributed by atoms with van der Waals surface area (Å²) in [6.45, 7) is 6.59. The summed E-state index contributed by atoms with van der Waals surface area (Å²) in [5.74, 6) is -0.0164. The molecule has 0 bridgehead atoms. The van der Waals surface area contributed by atoms with E-state index in [1.54, 1.807) is 0 Å². The molecule has 0 aromatic carbocycles. The lowest BCUT2D eigenvalue weighted by molar-refractivity contribution is -0.119. The standard InChI is InChI=1S/C14H18N4O2S3/c1-4-15-13-17-18-14(23-13)21-8(2)12(20)11-6-5-10(22-11)7-16-9(3)19/h5-6,8H,4,7H2,1-3H3,(H,15,17)(H,16,19)/t8-/m0/s1. The van der Waals surface area contributed by atoms with Gasteiger partial charge in [0.2, 0.25) is 11.0 Å². The first-order valence-electron chi connectivity index (χ1n) is 7.11. The van der Waals surface area contributed by atoms with Crippen molar-refractivity contribution in [1.82, 2.24) is 15.5 Å². The monoisotopic (exact) mass is 370 g/mol. The maximum atomic E-state index is 12.5. The van der Waals surface area contributed by atoms with Crippen molar-refractivity contribution in [3.63, 3.8) is 0 Å². The molecular formula is C14H18N4O2S3. The molecule has 0 aliphatic heterocycles. The number of carbonyl (C=O) groups excluding carboxylic acids is 2. The molecule has 0 radical (unpaired) electrons. The van der Waals surface area contributed by atoms with Gasteiger partial charge >= 0.3 is 0 Å². The Labute approximate surface area is 147 Å². The van der Waals surface area contributed by atoms with Crippen molar-refractivity contribution in [2.45, 2.75) is 36.9 Å². The second-order valence-corrected chi connectivity index (χ2v) is 8.44. The van der Waals surface area contributed by atoms with Gasteiger partial charge in [-0.25, -0.2) is 0 Å². The van der Waals surface area contributed by atoms with E-state index in [1.165, 1.54) is 41.4 Å². The van der Waals surface area contributed by atoms with Gasteiger partial charge in [0.05, 0.1) is 16.7 Å². The summed E-state index contributed by atoms with van der Waals surface area (Å²) < 4.78 is 0.775. The van der Waals surface area contributed by atoms with E-state index in [0.29, 0.717) is 11.4 Å². The molecule has 0 spiro atoms. The lowest BCUT2D eigenvalue weighted by Gasteiger charge is -2.05. The number of thioether (sulfide) groups is 1. The summed E-state index contributed by atoms with van der Waals surface area (Å²) in [5.41, 5.74) is 0. The Morgan fingerprint density at radius 1 is 1.30 bits per heavy atom. The fourth-order valence-electron chi connectivity index (χ4n) is 1.70. The second-order valence-electron chi connectivity index (χ2n) is 4.70. The molecule has 1 atom stereocenters. The number of hydrogen-bond donors (Lipinski definition) is 2. The van der Waals surface area contributed by atoms with Gasteiger partial charge in [-0.15, -0.1) is 21.5 Å². The predicted molar refractivity (Wildman–Crippen MR) is 95.6 cm³/mol. The highest BCUT2D eigenvalue weighted by atomic mass is 32.2. The minimum Gasteiger partial charge on any atom is -0.360 e. The number of thiophene rings is 1. The van der Waals surface area contributed by atoms with Crippen molar-refractivity contribution in [2.24, 2.45) is 0 Å². The zero-order valence-electron chi connectivity index (χ0n) is 13.1. The van der Waals surface area contributed by atoms with Crippen LogP contribution in [0.5, 0.6) is 0 Å². The SMILES string of the molecule is CCNc1nnc(S[C@@H](C)C(=O)c2ccc(CNC(C)=O)s2)s1. The van der Waals surface area contributed by atoms with Gasteiger partial charge in [0, 0.05) is 18.3 Å². The first-order chi connectivity index (χ1) is 11.0. The van der Waals surface area contributed by atoms with E-state index in [4.69, 9.17) is 0 Å². The lowest BCUT2D eigenvalue weighted by atomic mass is 10.2. The Hall–Kier alpha value is -1.45. The Kier molecular flexibility index (Phi) is 6.55. The summed E-state index contributed by atoms with van der Waals surface area (Å²) in [5, 5.41) is 14.5. The maximum Gasteiger partial charge on any atom is 0.217 e. The highest BCUT2D eigenvalue weighted by Gasteiger charge is 2.20. The van der Waals surface area contributed by atoms with Crippen LogP contribution in [0, 0.1) is 0 Å². The molecule has 0 fully saturated rings. The number of hydrogen-bond acceptors (Lipinski definition) is 8. The van der Waals surface area contributed by atoms with Crippen LogP contribution in [0.2, 0.25) is 0 Å². The Morgan fingerprint density at radius 3 is 2.78 bits per heavy atom. The fraction of sp³-hybridized carbons (Fsp3) is 0.429. The van der Waals surface area contributed by atoms with Crippen LogP contribution < -0.4 is 10.6 Å². The molecule has 0 unspecified atom stereocenters. The van der Waals surface area contributed by atoms with Crippen molar-refractivity contribution in [3.8, 4) is 0 Å². The van der Waals surface area contributed by atoms with Gasteiger partial charge in [-0.1, -0.05) is 23.1 Å². The normalized spacial score (nSPS) is 12.0. The van der Waals surface area contributed by atoms with E-state index in [2.05, 4.69) is 20.8 Å². The number of nitrogens with one attached hydrogen (secondary N) is 2. The minimum atomic E-state index is -0.232. The maximum absolute atomic E-state index is 12.5. The van der Waals surface area contributed by atoms with Crippen molar-refractivity contribution in [3.05, 3.63) is 21.9 Å². The number of rotatable bonds is 8. The quantitative estimate of drug-likeness (QED) is 0.549. The number of ketones is 1. The number of anilines is 1. The number of carbonyl (C=O) groups is 2. The molecule has 2 aromatic heterocycles. The third kappa shape index (κ3) is 5.29. The molecule has 2 heterocycles. The first kappa shape index (κ1) is 17.9. The van der Waals surface area contributed by atoms with Crippen LogP contribution in [0.25, 0.3) is 0 Å². The van der Waals surface area contributed by atoms with E-state index in [9.17, 15) is 9.59 Å². The van der Waals surface area contributed by atoms with Crippen molar-refractivity contribution < 1.29 is 9.59 Å². The van der Waals surface area contributed by atoms with E-state index in [-0.39, 0.29) is 16.9 Å². The van der Waals surface area contributed by atoms with Crippen molar-refractivity contribution in [2.75, 3.05) is 11.9 Å². The molecule has 2 aromatic rings. The summed E-state index contributed by atoms with van der Waals surface area (Å²) in [6.07, 6.45) is 0. The molecule has 2 N–H and O–H groups in total. The number of Topliss-reactive ketones (excluding diaryl/α,β-unsaturated/α-hetero) is 1. The number of nitrogens with zero attached hydrogens (tertiary/aromatic N) is 2. The average Bonchev–Trinajstić information content (AvgIpc) is 3.14. The molecule has 23 heavy (non-hydrogen) atoms. The summed E-state index contributed by atoms with van der Waals surface area (Å²) in [7, 11) is 0. The van der Waals surface area contributed by atoms with E-state index < -0.39 is 0 Å².